The lowest BCUT2D eigenvalue weighted by molar-refractivity contribution is -0.116. The van der Waals surface area contributed by atoms with Gasteiger partial charge in [0, 0.05) is 24.7 Å². The molecule has 1 saturated heterocycles. The van der Waals surface area contributed by atoms with E-state index in [0.29, 0.717) is 12.5 Å². The first-order valence-corrected chi connectivity index (χ1v) is 7.02. The van der Waals surface area contributed by atoms with Crippen molar-refractivity contribution in [2.24, 2.45) is 0 Å². The van der Waals surface area contributed by atoms with Crippen molar-refractivity contribution in [3.63, 3.8) is 0 Å². The lowest BCUT2D eigenvalue weighted by Gasteiger charge is -2.31. The second-order valence-electron chi connectivity index (χ2n) is 5.07. The van der Waals surface area contributed by atoms with Crippen molar-refractivity contribution in [3.8, 4) is 0 Å². The molecule has 0 bridgehead atoms. The summed E-state index contributed by atoms with van der Waals surface area (Å²) in [5, 5.41) is 6.24. The van der Waals surface area contributed by atoms with Gasteiger partial charge in [0.15, 0.2) is 0 Å². The number of carbonyl (C=O) groups excluding carboxylic acids is 1. The van der Waals surface area contributed by atoms with Crippen LogP contribution in [-0.2, 0) is 4.79 Å². The quantitative estimate of drug-likeness (QED) is 0.848. The van der Waals surface area contributed by atoms with E-state index in [2.05, 4.69) is 15.5 Å². The first kappa shape index (κ1) is 14.0. The minimum atomic E-state index is 0.0990. The molecule has 0 saturated carbocycles. The molecule has 0 atom stereocenters. The van der Waals surface area contributed by atoms with Gasteiger partial charge in [-0.15, -0.1) is 0 Å². The van der Waals surface area contributed by atoms with Gasteiger partial charge >= 0.3 is 0 Å². The molecule has 0 radical (unpaired) electrons. The molecule has 4 heteroatoms. The summed E-state index contributed by atoms with van der Waals surface area (Å²) >= 11 is 0. The predicted molar refractivity (Wildman–Crippen MR) is 78.2 cm³/mol. The van der Waals surface area contributed by atoms with Crippen LogP contribution in [0.2, 0.25) is 0 Å². The Morgan fingerprint density at radius 3 is 2.58 bits per heavy atom. The van der Waals surface area contributed by atoms with Crippen LogP contribution >= 0.6 is 0 Å². The van der Waals surface area contributed by atoms with E-state index in [1.165, 1.54) is 12.8 Å². The Kier molecular flexibility index (Phi) is 5.36. The number of amides is 1. The highest BCUT2D eigenvalue weighted by Gasteiger charge is 2.17. The Labute approximate surface area is 115 Å². The van der Waals surface area contributed by atoms with E-state index in [4.69, 9.17) is 0 Å². The second-order valence-corrected chi connectivity index (χ2v) is 5.07. The molecule has 1 aromatic carbocycles. The van der Waals surface area contributed by atoms with Crippen molar-refractivity contribution in [2.75, 3.05) is 32.0 Å². The number of rotatable bonds is 5. The van der Waals surface area contributed by atoms with Crippen molar-refractivity contribution in [3.05, 3.63) is 30.3 Å². The van der Waals surface area contributed by atoms with Crippen molar-refractivity contribution in [2.45, 2.75) is 25.3 Å². The molecule has 1 heterocycles. The zero-order chi connectivity index (χ0) is 13.5. The number of nitrogens with one attached hydrogen (secondary N) is 2. The molecular weight excluding hydrogens is 238 g/mol. The van der Waals surface area contributed by atoms with Gasteiger partial charge in [-0.25, -0.2) is 0 Å². The summed E-state index contributed by atoms with van der Waals surface area (Å²) in [5.41, 5.74) is 0.876. The van der Waals surface area contributed by atoms with Crippen molar-refractivity contribution < 1.29 is 4.79 Å². The van der Waals surface area contributed by atoms with E-state index in [0.717, 1.165) is 25.3 Å². The number of hydrogen-bond donors (Lipinski definition) is 2. The van der Waals surface area contributed by atoms with Gasteiger partial charge in [-0.2, -0.15) is 0 Å². The molecule has 2 N–H and O–H groups in total. The minimum absolute atomic E-state index is 0.0990. The Hall–Kier alpha value is -1.39. The molecule has 0 spiro atoms. The van der Waals surface area contributed by atoms with Crippen LogP contribution in [0.3, 0.4) is 0 Å². The highest BCUT2D eigenvalue weighted by Crippen LogP contribution is 2.11. The number of hydrogen-bond acceptors (Lipinski definition) is 3. The van der Waals surface area contributed by atoms with Crippen LogP contribution in [0, 0.1) is 0 Å². The predicted octanol–water partition coefficient (Wildman–Crippen LogP) is 1.70. The first-order chi connectivity index (χ1) is 9.28. The fourth-order valence-corrected chi connectivity index (χ4v) is 2.45. The summed E-state index contributed by atoms with van der Waals surface area (Å²) in [4.78, 5) is 14.2. The molecule has 19 heavy (non-hydrogen) atoms. The topological polar surface area (TPSA) is 44.4 Å². The molecule has 0 aromatic heterocycles. The van der Waals surface area contributed by atoms with Gasteiger partial charge in [0.2, 0.25) is 5.91 Å². The number of piperidine rings is 1. The summed E-state index contributed by atoms with van der Waals surface area (Å²) in [5.74, 6) is 0.0990. The minimum Gasteiger partial charge on any atom is -0.326 e. The standard InChI is InChI=1S/C15H23N3O/c1-16-13-7-10-18(11-8-13)12-9-15(19)17-14-5-3-2-4-6-14/h2-6,13,16H,7-12H2,1H3,(H,17,19). The Bertz CT molecular complexity index is 386. The molecule has 4 nitrogen and oxygen atoms in total. The number of nitrogens with zero attached hydrogens (tertiary/aromatic N) is 1. The molecular formula is C15H23N3O. The lowest BCUT2D eigenvalue weighted by Crippen LogP contribution is -2.42. The van der Waals surface area contributed by atoms with Gasteiger partial charge in [-0.05, 0) is 45.1 Å². The van der Waals surface area contributed by atoms with Crippen molar-refractivity contribution in [1.29, 1.82) is 0 Å². The van der Waals surface area contributed by atoms with Crippen LogP contribution in [0.1, 0.15) is 19.3 Å². The van der Waals surface area contributed by atoms with E-state index in [9.17, 15) is 4.79 Å². The molecule has 1 amide bonds. The smallest absolute Gasteiger partial charge is 0.225 e. The third kappa shape index (κ3) is 4.65. The molecule has 1 fully saturated rings. The van der Waals surface area contributed by atoms with E-state index in [1.54, 1.807) is 0 Å². The Morgan fingerprint density at radius 2 is 1.95 bits per heavy atom. The van der Waals surface area contributed by atoms with Gasteiger partial charge in [0.05, 0.1) is 0 Å². The van der Waals surface area contributed by atoms with Crippen LogP contribution in [0.5, 0.6) is 0 Å². The van der Waals surface area contributed by atoms with Gasteiger partial charge < -0.3 is 15.5 Å². The van der Waals surface area contributed by atoms with Crippen molar-refractivity contribution in [1.82, 2.24) is 10.2 Å². The van der Waals surface area contributed by atoms with Gasteiger partial charge in [-0.3, -0.25) is 4.79 Å². The van der Waals surface area contributed by atoms with E-state index >= 15 is 0 Å². The summed E-state index contributed by atoms with van der Waals surface area (Å²) in [6, 6.07) is 10.3. The molecule has 1 aromatic rings. The summed E-state index contributed by atoms with van der Waals surface area (Å²) < 4.78 is 0. The highest BCUT2D eigenvalue weighted by molar-refractivity contribution is 5.90. The highest BCUT2D eigenvalue weighted by atomic mass is 16.1. The SMILES string of the molecule is CNC1CCN(CCC(=O)Nc2ccccc2)CC1. The molecule has 0 aliphatic carbocycles. The van der Waals surface area contributed by atoms with Crippen LogP contribution < -0.4 is 10.6 Å². The zero-order valence-corrected chi connectivity index (χ0v) is 11.6. The number of benzene rings is 1. The number of anilines is 1. The van der Waals surface area contributed by atoms with E-state index in [-0.39, 0.29) is 5.91 Å². The van der Waals surface area contributed by atoms with Crippen LogP contribution in [-0.4, -0.2) is 43.5 Å². The maximum absolute atomic E-state index is 11.8. The summed E-state index contributed by atoms with van der Waals surface area (Å²) in [6.07, 6.45) is 2.92. The van der Waals surface area contributed by atoms with Gasteiger partial charge in [0.1, 0.15) is 0 Å². The largest absolute Gasteiger partial charge is 0.326 e. The Balaban J connectivity index is 1.67. The first-order valence-electron chi connectivity index (χ1n) is 7.02. The second kappa shape index (κ2) is 7.26. The maximum atomic E-state index is 11.8. The van der Waals surface area contributed by atoms with Crippen LogP contribution in [0.4, 0.5) is 5.69 Å². The normalized spacial score (nSPS) is 17.3. The molecule has 2 rings (SSSR count). The van der Waals surface area contributed by atoms with Crippen LogP contribution in [0.15, 0.2) is 30.3 Å². The Morgan fingerprint density at radius 1 is 1.26 bits per heavy atom. The average Bonchev–Trinajstić information content (AvgIpc) is 2.47. The lowest BCUT2D eigenvalue weighted by atomic mass is 10.1. The van der Waals surface area contributed by atoms with Crippen molar-refractivity contribution >= 4 is 11.6 Å². The molecule has 1 aliphatic heterocycles. The van der Waals surface area contributed by atoms with Crippen LogP contribution in [0.25, 0.3) is 0 Å². The fourth-order valence-electron chi connectivity index (χ4n) is 2.45. The summed E-state index contributed by atoms with van der Waals surface area (Å²) in [7, 11) is 2.02. The molecule has 104 valence electrons. The van der Waals surface area contributed by atoms with E-state index in [1.807, 2.05) is 37.4 Å². The molecule has 0 unspecified atom stereocenters. The maximum Gasteiger partial charge on any atom is 0.225 e. The molecule has 1 aliphatic rings. The monoisotopic (exact) mass is 261 g/mol. The number of likely N-dealkylation sites (tertiary alicyclic amines) is 1. The number of para-hydroxylation sites is 1. The third-order valence-corrected chi connectivity index (χ3v) is 3.71. The van der Waals surface area contributed by atoms with E-state index < -0.39 is 0 Å². The fraction of sp³-hybridized carbons (Fsp3) is 0.533. The van der Waals surface area contributed by atoms with Gasteiger partial charge in [-0.1, -0.05) is 18.2 Å². The average molecular weight is 261 g/mol. The third-order valence-electron chi connectivity index (χ3n) is 3.71. The zero-order valence-electron chi connectivity index (χ0n) is 11.6. The van der Waals surface area contributed by atoms with Gasteiger partial charge in [0.25, 0.3) is 0 Å². The number of carbonyl (C=O) groups is 1. The summed E-state index contributed by atoms with van der Waals surface area (Å²) in [6.45, 7) is 3.03.